The van der Waals surface area contributed by atoms with Gasteiger partial charge in [-0.3, -0.25) is 4.79 Å². The normalized spacial score (nSPS) is 14.0. The van der Waals surface area contributed by atoms with E-state index in [-0.39, 0.29) is 12.1 Å². The van der Waals surface area contributed by atoms with E-state index in [1.165, 1.54) is 28.8 Å². The molecule has 0 aliphatic carbocycles. The first-order valence-corrected chi connectivity index (χ1v) is 13.0. The second-order valence-electron chi connectivity index (χ2n) is 9.63. The Morgan fingerprint density at radius 2 is 1.77 bits per heavy atom. The lowest BCUT2D eigenvalue weighted by Crippen LogP contribution is -2.44. The van der Waals surface area contributed by atoms with Crippen LogP contribution in [-0.2, 0) is 6.54 Å². The quantitative estimate of drug-likeness (QED) is 0.247. The summed E-state index contributed by atoms with van der Waals surface area (Å²) in [5.41, 5.74) is 3.38. The lowest BCUT2D eigenvalue weighted by atomic mass is 10.2. The van der Waals surface area contributed by atoms with Crippen LogP contribution in [0.2, 0.25) is 0 Å². The minimum atomic E-state index is -0.568. The van der Waals surface area contributed by atoms with Gasteiger partial charge in [-0.2, -0.15) is 9.37 Å². The maximum absolute atomic E-state index is 13.4. The molecule has 0 unspecified atom stereocenters. The molecule has 6 rings (SSSR count). The van der Waals surface area contributed by atoms with Crippen molar-refractivity contribution in [1.29, 1.82) is 0 Å². The number of nitrogens with zero attached hydrogens (tertiary/aromatic N) is 8. The van der Waals surface area contributed by atoms with Crippen LogP contribution in [0, 0.1) is 5.95 Å². The van der Waals surface area contributed by atoms with Crippen molar-refractivity contribution >= 4 is 28.4 Å². The molecule has 4 aromatic heterocycles. The van der Waals surface area contributed by atoms with Crippen LogP contribution >= 0.6 is 0 Å². The molecule has 0 radical (unpaired) electrons. The Balaban J connectivity index is 1.35. The van der Waals surface area contributed by atoms with Gasteiger partial charge < -0.3 is 15.1 Å². The van der Waals surface area contributed by atoms with Crippen molar-refractivity contribution in [2.45, 2.75) is 6.54 Å². The number of piperazine rings is 1. The van der Waals surface area contributed by atoms with Crippen LogP contribution in [0.25, 0.3) is 28.1 Å². The summed E-state index contributed by atoms with van der Waals surface area (Å²) in [4.78, 5) is 35.6. The molecule has 1 aromatic carbocycles. The fourth-order valence-electron chi connectivity index (χ4n) is 4.79. The number of pyridine rings is 2. The van der Waals surface area contributed by atoms with Gasteiger partial charge in [0.15, 0.2) is 11.5 Å². The first kappa shape index (κ1) is 25.4. The molecular weight excluding hydrogens is 509 g/mol. The Kier molecular flexibility index (Phi) is 6.79. The average molecular weight is 538 g/mol. The van der Waals surface area contributed by atoms with Gasteiger partial charge in [-0.05, 0) is 55.6 Å². The lowest BCUT2D eigenvalue weighted by molar-refractivity contribution is 0.313. The van der Waals surface area contributed by atoms with Gasteiger partial charge >= 0.3 is 0 Å². The Hall–Kier alpha value is -4.90. The summed E-state index contributed by atoms with van der Waals surface area (Å²) >= 11 is 0. The second-order valence-corrected chi connectivity index (χ2v) is 9.63. The lowest BCUT2D eigenvalue weighted by Gasteiger charge is -2.34. The van der Waals surface area contributed by atoms with Crippen LogP contribution in [0.3, 0.4) is 0 Å². The summed E-state index contributed by atoms with van der Waals surface area (Å²) in [5, 5.41) is 3.61. The third kappa shape index (κ3) is 4.94. The Morgan fingerprint density at radius 3 is 2.50 bits per heavy atom. The SMILES string of the molecule is C=CCn1c(=O)c2cnc(Nc3ccc(N4CCN(C)CC4)cc3)nc2n1-c1cccc(-c2ccc(F)nc2)n1. The fraction of sp³-hybridized carbons (Fsp3) is 0.207. The highest BCUT2D eigenvalue weighted by atomic mass is 19.1. The van der Waals surface area contributed by atoms with E-state index in [0.717, 1.165) is 31.9 Å². The number of fused-ring (bicyclic) bond motifs is 1. The zero-order chi connectivity index (χ0) is 27.6. The van der Waals surface area contributed by atoms with Crippen molar-refractivity contribution in [3.8, 4) is 17.1 Å². The number of rotatable bonds is 7. The molecule has 0 saturated carbocycles. The maximum Gasteiger partial charge on any atom is 0.278 e. The van der Waals surface area contributed by atoms with Gasteiger partial charge in [-0.25, -0.2) is 24.3 Å². The minimum absolute atomic E-state index is 0.246. The first-order valence-electron chi connectivity index (χ1n) is 13.0. The molecule has 0 spiro atoms. The van der Waals surface area contributed by atoms with Gasteiger partial charge in [0.2, 0.25) is 11.9 Å². The first-order chi connectivity index (χ1) is 19.5. The van der Waals surface area contributed by atoms with Gasteiger partial charge in [-0.1, -0.05) is 12.1 Å². The van der Waals surface area contributed by atoms with Gasteiger partial charge in [0.1, 0.15) is 5.39 Å². The number of aromatic nitrogens is 6. The topological polar surface area (TPSA) is 97.0 Å². The van der Waals surface area contributed by atoms with Crippen molar-refractivity contribution in [3.05, 3.63) is 95.9 Å². The van der Waals surface area contributed by atoms with Crippen LogP contribution in [0.1, 0.15) is 0 Å². The predicted molar refractivity (Wildman–Crippen MR) is 154 cm³/mol. The smallest absolute Gasteiger partial charge is 0.278 e. The molecule has 10 nitrogen and oxygen atoms in total. The van der Waals surface area contributed by atoms with E-state index in [0.29, 0.717) is 34.1 Å². The van der Waals surface area contributed by atoms with Gasteiger partial charge in [0.25, 0.3) is 5.56 Å². The summed E-state index contributed by atoms with van der Waals surface area (Å²) in [6, 6.07) is 16.5. The second kappa shape index (κ2) is 10.7. The van der Waals surface area contributed by atoms with Gasteiger partial charge in [-0.15, -0.1) is 6.58 Å². The highest BCUT2D eigenvalue weighted by Crippen LogP contribution is 2.23. The number of anilines is 3. The summed E-state index contributed by atoms with van der Waals surface area (Å²) < 4.78 is 16.5. The zero-order valence-electron chi connectivity index (χ0n) is 22.0. The third-order valence-electron chi connectivity index (χ3n) is 6.94. The van der Waals surface area contributed by atoms with Crippen molar-refractivity contribution in [2.75, 3.05) is 43.4 Å². The minimum Gasteiger partial charge on any atom is -0.369 e. The number of benzene rings is 1. The van der Waals surface area contributed by atoms with Crippen molar-refractivity contribution in [1.82, 2.24) is 34.2 Å². The molecule has 5 heterocycles. The number of hydrogen-bond acceptors (Lipinski definition) is 8. The molecule has 1 fully saturated rings. The van der Waals surface area contributed by atoms with Crippen LogP contribution in [-0.4, -0.2) is 67.4 Å². The summed E-state index contributed by atoms with van der Waals surface area (Å²) in [6.07, 6.45) is 4.58. The number of nitrogens with one attached hydrogen (secondary N) is 1. The molecule has 1 aliphatic rings. The van der Waals surface area contributed by atoms with Gasteiger partial charge in [0.05, 0.1) is 12.2 Å². The fourth-order valence-corrected chi connectivity index (χ4v) is 4.79. The standard InChI is InChI=1S/C29H28FN9O/c1-3-13-38-28(40)23-19-32-29(33-21-8-10-22(11-9-21)37-16-14-36(2)15-17-37)35-27(23)39(38)26-6-4-5-24(34-26)20-7-12-25(30)31-18-20/h3-12,18-19H,1,13-17H2,2H3,(H,32,33,35). The number of allylic oxidation sites excluding steroid dienone is 1. The van der Waals surface area contributed by atoms with Crippen molar-refractivity contribution < 1.29 is 4.39 Å². The van der Waals surface area contributed by atoms with E-state index in [2.05, 4.69) is 50.8 Å². The van der Waals surface area contributed by atoms with Crippen LogP contribution in [0.4, 0.5) is 21.7 Å². The van der Waals surface area contributed by atoms with Crippen molar-refractivity contribution in [3.63, 3.8) is 0 Å². The molecule has 0 amide bonds. The predicted octanol–water partition coefficient (Wildman–Crippen LogP) is 3.86. The van der Waals surface area contributed by atoms with E-state index in [9.17, 15) is 9.18 Å². The molecule has 5 aromatic rings. The summed E-state index contributed by atoms with van der Waals surface area (Å²) in [6.45, 7) is 8.12. The molecule has 1 N–H and O–H groups in total. The van der Waals surface area contributed by atoms with E-state index in [1.54, 1.807) is 29.0 Å². The highest BCUT2D eigenvalue weighted by molar-refractivity contribution is 5.77. The average Bonchev–Trinajstić information content (AvgIpc) is 3.25. The van der Waals surface area contributed by atoms with E-state index < -0.39 is 5.95 Å². The highest BCUT2D eigenvalue weighted by Gasteiger charge is 2.19. The summed E-state index contributed by atoms with van der Waals surface area (Å²) in [7, 11) is 2.14. The molecule has 40 heavy (non-hydrogen) atoms. The third-order valence-corrected chi connectivity index (χ3v) is 6.94. The monoisotopic (exact) mass is 537 g/mol. The molecule has 11 heteroatoms. The number of hydrogen-bond donors (Lipinski definition) is 1. The molecule has 0 bridgehead atoms. The van der Waals surface area contributed by atoms with Crippen LogP contribution in [0.5, 0.6) is 0 Å². The molecular formula is C29H28FN9O. The Labute approximate surface area is 230 Å². The van der Waals surface area contributed by atoms with Crippen LogP contribution < -0.4 is 15.8 Å². The van der Waals surface area contributed by atoms with E-state index in [1.807, 2.05) is 18.2 Å². The van der Waals surface area contributed by atoms with Gasteiger partial charge in [0, 0.05) is 55.5 Å². The largest absolute Gasteiger partial charge is 0.369 e. The Bertz CT molecular complexity index is 1720. The Morgan fingerprint density at radius 1 is 0.975 bits per heavy atom. The zero-order valence-corrected chi connectivity index (χ0v) is 22.0. The summed E-state index contributed by atoms with van der Waals surface area (Å²) in [5.74, 6) is 0.252. The van der Waals surface area contributed by atoms with E-state index >= 15 is 0 Å². The van der Waals surface area contributed by atoms with Crippen LogP contribution in [0.15, 0.2) is 84.4 Å². The maximum atomic E-state index is 13.4. The molecule has 202 valence electrons. The molecule has 1 aliphatic heterocycles. The number of likely N-dealkylation sites (N-methyl/N-ethyl adjacent to an activating group) is 1. The molecule has 1 saturated heterocycles. The number of halogens is 1. The van der Waals surface area contributed by atoms with E-state index in [4.69, 9.17) is 9.97 Å². The molecule has 0 atom stereocenters. The van der Waals surface area contributed by atoms with Crippen molar-refractivity contribution in [2.24, 2.45) is 0 Å².